The Morgan fingerprint density at radius 3 is 2.94 bits per heavy atom. The molecule has 0 aliphatic carbocycles. The zero-order valence-electron chi connectivity index (χ0n) is 10.6. The van der Waals surface area contributed by atoms with Crippen molar-refractivity contribution in [3.8, 4) is 0 Å². The molecule has 1 heterocycles. The van der Waals surface area contributed by atoms with Gasteiger partial charge < -0.3 is 15.4 Å². The van der Waals surface area contributed by atoms with Crippen molar-refractivity contribution in [3.05, 3.63) is 0 Å². The van der Waals surface area contributed by atoms with Gasteiger partial charge in [-0.1, -0.05) is 13.3 Å². The Morgan fingerprint density at radius 2 is 2.41 bits per heavy atom. The van der Waals surface area contributed by atoms with Gasteiger partial charge in [0.15, 0.2) is 0 Å². The van der Waals surface area contributed by atoms with Gasteiger partial charge in [0.25, 0.3) is 0 Å². The van der Waals surface area contributed by atoms with Crippen LogP contribution in [0.1, 0.15) is 32.6 Å². The van der Waals surface area contributed by atoms with Crippen LogP contribution in [0.5, 0.6) is 0 Å². The van der Waals surface area contributed by atoms with Crippen LogP contribution in [0, 0.1) is 5.92 Å². The minimum atomic E-state index is -0.0936. The van der Waals surface area contributed by atoms with Crippen LogP contribution < -0.4 is 10.6 Å². The highest BCUT2D eigenvalue weighted by atomic mass is 16.5. The molecule has 1 saturated heterocycles. The van der Waals surface area contributed by atoms with Crippen LogP contribution in [0.25, 0.3) is 0 Å². The van der Waals surface area contributed by atoms with Gasteiger partial charge in [0.1, 0.15) is 0 Å². The number of piperidine rings is 1. The van der Waals surface area contributed by atoms with E-state index in [1.54, 1.807) is 7.11 Å². The van der Waals surface area contributed by atoms with Crippen LogP contribution in [-0.4, -0.2) is 38.1 Å². The van der Waals surface area contributed by atoms with Crippen LogP contribution in [0.4, 0.5) is 0 Å². The van der Waals surface area contributed by atoms with Crippen LogP contribution in [-0.2, 0) is 14.3 Å². The second-order valence-electron chi connectivity index (χ2n) is 4.49. The molecule has 0 aromatic carbocycles. The lowest BCUT2D eigenvalue weighted by Crippen LogP contribution is -2.47. The Bertz CT molecular complexity index is 252. The van der Waals surface area contributed by atoms with Gasteiger partial charge in [0, 0.05) is 20.1 Å². The fraction of sp³-hybridized carbons (Fsp3) is 0.833. The Kier molecular flexibility index (Phi) is 5.97. The highest BCUT2D eigenvalue weighted by Crippen LogP contribution is 2.11. The van der Waals surface area contributed by atoms with Crippen molar-refractivity contribution >= 4 is 11.8 Å². The molecule has 5 heteroatoms. The van der Waals surface area contributed by atoms with E-state index in [1.165, 1.54) is 0 Å². The molecule has 2 unspecified atom stereocenters. The van der Waals surface area contributed by atoms with Gasteiger partial charge in [-0.05, 0) is 12.8 Å². The largest absolute Gasteiger partial charge is 0.383 e. The van der Waals surface area contributed by atoms with Gasteiger partial charge in [0.05, 0.1) is 18.6 Å². The molecule has 5 nitrogen and oxygen atoms in total. The van der Waals surface area contributed by atoms with Crippen molar-refractivity contribution in [2.75, 3.05) is 20.3 Å². The molecule has 1 aliphatic heterocycles. The van der Waals surface area contributed by atoms with Gasteiger partial charge in [-0.25, -0.2) is 0 Å². The first-order valence-corrected chi connectivity index (χ1v) is 6.23. The third kappa shape index (κ3) is 4.73. The number of amides is 2. The number of carbonyl (C=O) groups excluding carboxylic acids is 2. The monoisotopic (exact) mass is 242 g/mol. The smallest absolute Gasteiger partial charge is 0.225 e. The van der Waals surface area contributed by atoms with Crippen molar-refractivity contribution < 1.29 is 14.3 Å². The lowest BCUT2D eigenvalue weighted by Gasteiger charge is -2.24. The summed E-state index contributed by atoms with van der Waals surface area (Å²) in [6.45, 7) is 3.07. The number of ether oxygens (including phenoxy) is 1. The summed E-state index contributed by atoms with van der Waals surface area (Å²) in [6.07, 6.45) is 3.01. The molecule has 0 bridgehead atoms. The lowest BCUT2D eigenvalue weighted by molar-refractivity contribution is -0.129. The van der Waals surface area contributed by atoms with Crippen molar-refractivity contribution in [1.29, 1.82) is 0 Å². The first-order valence-electron chi connectivity index (χ1n) is 6.23. The number of rotatable bonds is 6. The fourth-order valence-electron chi connectivity index (χ4n) is 2.02. The lowest BCUT2D eigenvalue weighted by atomic mass is 9.97. The molecule has 17 heavy (non-hydrogen) atoms. The summed E-state index contributed by atoms with van der Waals surface area (Å²) in [6, 6.07) is 0.0788. The zero-order chi connectivity index (χ0) is 12.7. The van der Waals surface area contributed by atoms with Crippen LogP contribution in [0.15, 0.2) is 0 Å². The highest BCUT2D eigenvalue weighted by molar-refractivity contribution is 5.83. The quantitative estimate of drug-likeness (QED) is 0.710. The van der Waals surface area contributed by atoms with E-state index in [0.717, 1.165) is 12.8 Å². The first-order chi connectivity index (χ1) is 8.17. The molecular weight excluding hydrogens is 220 g/mol. The topological polar surface area (TPSA) is 67.4 Å². The molecule has 98 valence electrons. The number of methoxy groups -OCH3 is 1. The van der Waals surface area contributed by atoms with E-state index in [0.29, 0.717) is 26.0 Å². The molecule has 2 N–H and O–H groups in total. The van der Waals surface area contributed by atoms with Crippen LogP contribution in [0.3, 0.4) is 0 Å². The standard InChI is InChI=1S/C12H22N2O3/c1-3-4-10(8-17-2)14-12(16)9-5-6-11(15)13-7-9/h9-10H,3-8H2,1-2H3,(H,13,15)(H,14,16). The molecule has 2 atom stereocenters. The Labute approximate surface area is 102 Å². The summed E-state index contributed by atoms with van der Waals surface area (Å²) in [7, 11) is 1.63. The number of nitrogens with one attached hydrogen (secondary N) is 2. The summed E-state index contributed by atoms with van der Waals surface area (Å²) >= 11 is 0. The van der Waals surface area contributed by atoms with Gasteiger partial charge >= 0.3 is 0 Å². The number of hydrogen-bond acceptors (Lipinski definition) is 3. The summed E-state index contributed by atoms with van der Waals surface area (Å²) in [4.78, 5) is 22.9. The molecule has 0 aromatic heterocycles. The fourth-order valence-corrected chi connectivity index (χ4v) is 2.02. The molecule has 0 aromatic rings. The predicted molar refractivity (Wildman–Crippen MR) is 64.4 cm³/mol. The maximum atomic E-state index is 11.9. The van der Waals surface area contributed by atoms with E-state index < -0.39 is 0 Å². The molecule has 1 rings (SSSR count). The second-order valence-corrected chi connectivity index (χ2v) is 4.49. The first kappa shape index (κ1) is 14.0. The third-order valence-electron chi connectivity index (χ3n) is 2.99. The molecule has 2 amide bonds. The average Bonchev–Trinajstić information content (AvgIpc) is 2.30. The minimum Gasteiger partial charge on any atom is -0.383 e. The van der Waals surface area contributed by atoms with E-state index in [1.807, 2.05) is 0 Å². The van der Waals surface area contributed by atoms with Crippen molar-refractivity contribution in [1.82, 2.24) is 10.6 Å². The zero-order valence-corrected chi connectivity index (χ0v) is 10.6. The van der Waals surface area contributed by atoms with Gasteiger partial charge in [-0.15, -0.1) is 0 Å². The second kappa shape index (κ2) is 7.27. The number of hydrogen-bond donors (Lipinski definition) is 2. The molecular formula is C12H22N2O3. The Balaban J connectivity index is 2.37. The van der Waals surface area contributed by atoms with Gasteiger partial charge in [0.2, 0.25) is 11.8 Å². The predicted octanol–water partition coefficient (Wildman–Crippen LogP) is 0.444. The van der Waals surface area contributed by atoms with Crippen molar-refractivity contribution in [3.63, 3.8) is 0 Å². The molecule has 1 aliphatic rings. The molecule has 0 spiro atoms. The summed E-state index contributed by atoms with van der Waals surface area (Å²) in [5.74, 6) is -0.0274. The van der Waals surface area contributed by atoms with Gasteiger partial charge in [-0.2, -0.15) is 0 Å². The van der Waals surface area contributed by atoms with Gasteiger partial charge in [-0.3, -0.25) is 9.59 Å². The maximum absolute atomic E-state index is 11.9. The van der Waals surface area contributed by atoms with Crippen molar-refractivity contribution in [2.24, 2.45) is 5.92 Å². The highest BCUT2D eigenvalue weighted by Gasteiger charge is 2.25. The number of carbonyl (C=O) groups is 2. The summed E-state index contributed by atoms with van der Waals surface area (Å²) < 4.78 is 5.08. The van der Waals surface area contributed by atoms with E-state index in [4.69, 9.17) is 4.74 Å². The summed E-state index contributed by atoms with van der Waals surface area (Å²) in [5.41, 5.74) is 0. The van der Waals surface area contributed by atoms with E-state index in [9.17, 15) is 9.59 Å². The normalized spacial score (nSPS) is 21.8. The van der Waals surface area contributed by atoms with Crippen LogP contribution >= 0.6 is 0 Å². The van der Waals surface area contributed by atoms with E-state index >= 15 is 0 Å². The minimum absolute atomic E-state index is 0.0282. The maximum Gasteiger partial charge on any atom is 0.225 e. The third-order valence-corrected chi connectivity index (χ3v) is 2.99. The Morgan fingerprint density at radius 1 is 1.65 bits per heavy atom. The average molecular weight is 242 g/mol. The molecule has 1 fully saturated rings. The Hall–Kier alpha value is -1.10. The summed E-state index contributed by atoms with van der Waals surface area (Å²) in [5, 5.41) is 5.71. The molecule has 0 saturated carbocycles. The van der Waals surface area contributed by atoms with Crippen LogP contribution in [0.2, 0.25) is 0 Å². The van der Waals surface area contributed by atoms with E-state index in [2.05, 4.69) is 17.6 Å². The van der Waals surface area contributed by atoms with Crippen molar-refractivity contribution in [2.45, 2.75) is 38.6 Å². The SMILES string of the molecule is CCCC(COC)NC(=O)C1CCC(=O)NC1. The van der Waals surface area contributed by atoms with E-state index in [-0.39, 0.29) is 23.8 Å². The molecule has 0 radical (unpaired) electrons.